The van der Waals surface area contributed by atoms with Gasteiger partial charge in [0.2, 0.25) is 5.91 Å². The SMILES string of the molecule is COc1ccc2c(c1)C(C1CCC(C)CC1)C(=O)N2. The van der Waals surface area contributed by atoms with E-state index in [4.69, 9.17) is 4.74 Å². The maximum Gasteiger partial charge on any atom is 0.232 e. The zero-order chi connectivity index (χ0) is 13.4. The zero-order valence-corrected chi connectivity index (χ0v) is 11.6. The Labute approximate surface area is 114 Å². The standard InChI is InChI=1S/C16H21NO2/c1-10-3-5-11(6-4-10)15-13-9-12(19-2)7-8-14(13)17-16(15)18/h7-11,15H,3-6H2,1-2H3,(H,17,18). The first-order valence-corrected chi connectivity index (χ1v) is 7.18. The van der Waals surface area contributed by atoms with E-state index in [2.05, 4.69) is 12.2 Å². The van der Waals surface area contributed by atoms with Gasteiger partial charge in [-0.15, -0.1) is 0 Å². The fourth-order valence-corrected chi connectivity index (χ4v) is 3.48. The quantitative estimate of drug-likeness (QED) is 0.882. The number of anilines is 1. The summed E-state index contributed by atoms with van der Waals surface area (Å²) in [5.41, 5.74) is 2.10. The van der Waals surface area contributed by atoms with Gasteiger partial charge in [-0.25, -0.2) is 0 Å². The summed E-state index contributed by atoms with van der Waals surface area (Å²) in [7, 11) is 1.67. The van der Waals surface area contributed by atoms with Crippen LogP contribution in [0.2, 0.25) is 0 Å². The molecule has 1 amide bonds. The van der Waals surface area contributed by atoms with Crippen molar-refractivity contribution in [1.82, 2.24) is 0 Å². The van der Waals surface area contributed by atoms with Crippen molar-refractivity contribution in [2.75, 3.05) is 12.4 Å². The average molecular weight is 259 g/mol. The highest BCUT2D eigenvalue weighted by molar-refractivity contribution is 6.03. The molecule has 1 aromatic rings. The van der Waals surface area contributed by atoms with Gasteiger partial charge >= 0.3 is 0 Å². The number of hydrogen-bond acceptors (Lipinski definition) is 2. The Kier molecular flexibility index (Phi) is 3.21. The molecule has 2 aliphatic rings. The number of nitrogens with one attached hydrogen (secondary N) is 1. The van der Waals surface area contributed by atoms with Gasteiger partial charge in [0.25, 0.3) is 0 Å². The van der Waals surface area contributed by atoms with E-state index in [0.29, 0.717) is 5.92 Å². The third-order valence-corrected chi connectivity index (χ3v) is 4.67. The average Bonchev–Trinajstić information content (AvgIpc) is 2.75. The molecule has 3 rings (SSSR count). The Morgan fingerprint density at radius 1 is 1.21 bits per heavy atom. The Bertz CT molecular complexity index is 490. The van der Waals surface area contributed by atoms with Crippen LogP contribution in [-0.2, 0) is 4.79 Å². The third-order valence-electron chi connectivity index (χ3n) is 4.67. The van der Waals surface area contributed by atoms with Crippen LogP contribution in [0, 0.1) is 11.8 Å². The molecule has 3 heteroatoms. The van der Waals surface area contributed by atoms with E-state index in [1.165, 1.54) is 12.8 Å². The summed E-state index contributed by atoms with van der Waals surface area (Å²) < 4.78 is 5.29. The number of hydrogen-bond donors (Lipinski definition) is 1. The predicted molar refractivity (Wildman–Crippen MR) is 75.5 cm³/mol. The summed E-state index contributed by atoms with van der Waals surface area (Å²) in [5, 5.41) is 3.01. The monoisotopic (exact) mass is 259 g/mol. The van der Waals surface area contributed by atoms with Crippen LogP contribution in [0.5, 0.6) is 5.75 Å². The number of rotatable bonds is 2. The Hall–Kier alpha value is -1.51. The van der Waals surface area contributed by atoms with Crippen LogP contribution < -0.4 is 10.1 Å². The second-order valence-corrected chi connectivity index (χ2v) is 5.94. The number of ether oxygens (including phenoxy) is 1. The molecule has 0 saturated heterocycles. The van der Waals surface area contributed by atoms with E-state index in [1.54, 1.807) is 7.11 Å². The van der Waals surface area contributed by atoms with Crippen molar-refractivity contribution < 1.29 is 9.53 Å². The lowest BCUT2D eigenvalue weighted by molar-refractivity contribution is -0.118. The van der Waals surface area contributed by atoms with Gasteiger partial charge in [-0.05, 0) is 48.4 Å². The molecule has 19 heavy (non-hydrogen) atoms. The lowest BCUT2D eigenvalue weighted by Crippen LogP contribution is -2.24. The number of methoxy groups -OCH3 is 1. The molecule has 0 aromatic heterocycles. The molecule has 1 N–H and O–H groups in total. The number of fused-ring (bicyclic) bond motifs is 1. The minimum atomic E-state index is 0.0256. The van der Waals surface area contributed by atoms with Crippen LogP contribution in [0.1, 0.15) is 44.1 Å². The highest BCUT2D eigenvalue weighted by atomic mass is 16.5. The maximum absolute atomic E-state index is 12.3. The van der Waals surface area contributed by atoms with Gasteiger partial charge in [0, 0.05) is 5.69 Å². The van der Waals surface area contributed by atoms with Crippen molar-refractivity contribution in [1.29, 1.82) is 0 Å². The molecule has 0 bridgehead atoms. The van der Waals surface area contributed by atoms with Crippen molar-refractivity contribution in [3.8, 4) is 5.75 Å². The molecule has 1 saturated carbocycles. The molecule has 1 aliphatic carbocycles. The van der Waals surface area contributed by atoms with E-state index < -0.39 is 0 Å². The molecule has 1 heterocycles. The highest BCUT2D eigenvalue weighted by Crippen LogP contribution is 2.45. The first kappa shape index (κ1) is 12.5. The Morgan fingerprint density at radius 3 is 2.63 bits per heavy atom. The molecular weight excluding hydrogens is 238 g/mol. The van der Waals surface area contributed by atoms with Crippen LogP contribution in [0.25, 0.3) is 0 Å². The maximum atomic E-state index is 12.3. The molecule has 0 radical (unpaired) electrons. The second kappa shape index (κ2) is 4.87. The number of carbonyl (C=O) groups is 1. The molecule has 1 unspecified atom stereocenters. The van der Waals surface area contributed by atoms with Crippen LogP contribution in [-0.4, -0.2) is 13.0 Å². The number of benzene rings is 1. The Morgan fingerprint density at radius 2 is 1.95 bits per heavy atom. The van der Waals surface area contributed by atoms with E-state index in [0.717, 1.165) is 35.8 Å². The van der Waals surface area contributed by atoms with Crippen molar-refractivity contribution in [3.63, 3.8) is 0 Å². The predicted octanol–water partition coefficient (Wildman–Crippen LogP) is 3.56. The summed E-state index contributed by atoms with van der Waals surface area (Å²) in [4.78, 5) is 12.3. The van der Waals surface area contributed by atoms with Gasteiger partial charge in [-0.2, -0.15) is 0 Å². The molecule has 1 aromatic carbocycles. The van der Waals surface area contributed by atoms with Gasteiger partial charge in [-0.1, -0.05) is 19.8 Å². The minimum Gasteiger partial charge on any atom is -0.497 e. The molecule has 1 aliphatic heterocycles. The number of amides is 1. The van der Waals surface area contributed by atoms with Crippen LogP contribution >= 0.6 is 0 Å². The topological polar surface area (TPSA) is 38.3 Å². The fraction of sp³-hybridized carbons (Fsp3) is 0.562. The summed E-state index contributed by atoms with van der Waals surface area (Å²) in [6.07, 6.45) is 4.81. The molecule has 102 valence electrons. The smallest absolute Gasteiger partial charge is 0.232 e. The largest absolute Gasteiger partial charge is 0.497 e. The lowest BCUT2D eigenvalue weighted by Gasteiger charge is -2.29. The summed E-state index contributed by atoms with van der Waals surface area (Å²) in [6.45, 7) is 2.31. The van der Waals surface area contributed by atoms with Gasteiger partial charge in [0.15, 0.2) is 0 Å². The first-order valence-electron chi connectivity index (χ1n) is 7.18. The summed E-state index contributed by atoms with van der Waals surface area (Å²) in [5.74, 6) is 2.33. The van der Waals surface area contributed by atoms with E-state index in [9.17, 15) is 4.79 Å². The molecular formula is C16H21NO2. The fourth-order valence-electron chi connectivity index (χ4n) is 3.48. The van der Waals surface area contributed by atoms with Crippen molar-refractivity contribution in [2.24, 2.45) is 11.8 Å². The normalized spacial score (nSPS) is 29.8. The zero-order valence-electron chi connectivity index (χ0n) is 11.6. The highest BCUT2D eigenvalue weighted by Gasteiger charge is 2.38. The summed E-state index contributed by atoms with van der Waals surface area (Å²) >= 11 is 0. The lowest BCUT2D eigenvalue weighted by atomic mass is 9.74. The van der Waals surface area contributed by atoms with E-state index in [-0.39, 0.29) is 11.8 Å². The van der Waals surface area contributed by atoms with Crippen molar-refractivity contribution >= 4 is 11.6 Å². The Balaban J connectivity index is 1.89. The van der Waals surface area contributed by atoms with Crippen LogP contribution in [0.3, 0.4) is 0 Å². The number of carbonyl (C=O) groups excluding carboxylic acids is 1. The van der Waals surface area contributed by atoms with Gasteiger partial charge in [0.05, 0.1) is 13.0 Å². The van der Waals surface area contributed by atoms with Crippen molar-refractivity contribution in [3.05, 3.63) is 23.8 Å². The molecule has 0 spiro atoms. The molecule has 1 fully saturated rings. The first-order chi connectivity index (χ1) is 9.19. The van der Waals surface area contributed by atoms with Crippen molar-refractivity contribution in [2.45, 2.75) is 38.5 Å². The van der Waals surface area contributed by atoms with E-state index in [1.807, 2.05) is 18.2 Å². The second-order valence-electron chi connectivity index (χ2n) is 5.94. The van der Waals surface area contributed by atoms with Gasteiger partial charge in [-0.3, -0.25) is 4.79 Å². The minimum absolute atomic E-state index is 0.0256. The third kappa shape index (κ3) is 2.22. The van der Waals surface area contributed by atoms with Crippen LogP contribution in [0.15, 0.2) is 18.2 Å². The van der Waals surface area contributed by atoms with Gasteiger partial charge in [0.1, 0.15) is 5.75 Å². The summed E-state index contributed by atoms with van der Waals surface area (Å²) in [6, 6.07) is 5.89. The van der Waals surface area contributed by atoms with Crippen LogP contribution in [0.4, 0.5) is 5.69 Å². The molecule has 1 atom stereocenters. The molecule has 3 nitrogen and oxygen atoms in total. The van der Waals surface area contributed by atoms with E-state index >= 15 is 0 Å². The van der Waals surface area contributed by atoms with Gasteiger partial charge < -0.3 is 10.1 Å².